The van der Waals surface area contributed by atoms with Crippen LogP contribution in [0.1, 0.15) is 39.9 Å². The summed E-state index contributed by atoms with van der Waals surface area (Å²) in [7, 11) is 1.31. The molecule has 0 aliphatic carbocycles. The predicted octanol–water partition coefficient (Wildman–Crippen LogP) is 3.33. The summed E-state index contributed by atoms with van der Waals surface area (Å²) < 4.78 is 6.54. The molecule has 3 aromatic rings. The Hall–Kier alpha value is -3.15. The van der Waals surface area contributed by atoms with Crippen LogP contribution in [-0.4, -0.2) is 28.4 Å². The molecule has 1 amide bonds. The second-order valence-corrected chi connectivity index (χ2v) is 5.58. The molecule has 0 saturated carbocycles. The summed E-state index contributed by atoms with van der Waals surface area (Å²) in [6.07, 6.45) is 3.38. The molecule has 1 aromatic carbocycles. The predicted molar refractivity (Wildman–Crippen MR) is 94.9 cm³/mol. The van der Waals surface area contributed by atoms with Crippen LogP contribution in [0, 0.1) is 0 Å². The van der Waals surface area contributed by atoms with Crippen LogP contribution in [0.2, 0.25) is 0 Å². The van der Waals surface area contributed by atoms with Crippen LogP contribution in [0.25, 0.3) is 5.65 Å². The quantitative estimate of drug-likeness (QED) is 0.725. The highest BCUT2D eigenvalue weighted by Gasteiger charge is 2.20. The lowest BCUT2D eigenvalue weighted by Gasteiger charge is -2.10. The van der Waals surface area contributed by atoms with Crippen molar-refractivity contribution in [2.75, 3.05) is 12.4 Å². The monoisotopic (exact) mass is 337 g/mol. The summed E-state index contributed by atoms with van der Waals surface area (Å²) in [4.78, 5) is 29.4. The van der Waals surface area contributed by atoms with E-state index in [1.54, 1.807) is 28.7 Å². The Kier molecular flexibility index (Phi) is 4.79. The summed E-state index contributed by atoms with van der Waals surface area (Å²) in [6.45, 7) is 2.04. The van der Waals surface area contributed by atoms with Gasteiger partial charge < -0.3 is 10.1 Å². The maximum Gasteiger partial charge on any atom is 0.339 e. The topological polar surface area (TPSA) is 72.7 Å². The summed E-state index contributed by atoms with van der Waals surface area (Å²) in [5, 5.41) is 2.82. The second kappa shape index (κ2) is 7.17. The van der Waals surface area contributed by atoms with E-state index in [0.717, 1.165) is 17.8 Å². The first-order valence-electron chi connectivity index (χ1n) is 8.10. The molecule has 0 saturated heterocycles. The van der Waals surface area contributed by atoms with Crippen molar-refractivity contribution in [2.24, 2.45) is 0 Å². The molecule has 2 heterocycles. The molecule has 128 valence electrons. The maximum atomic E-state index is 12.9. The number of methoxy groups -OCH3 is 1. The fourth-order valence-corrected chi connectivity index (χ4v) is 2.76. The average molecular weight is 337 g/mol. The number of ether oxygens (including phenoxy) is 1. The number of benzene rings is 1. The van der Waals surface area contributed by atoms with Crippen LogP contribution >= 0.6 is 0 Å². The Balaban J connectivity index is 2.01. The van der Waals surface area contributed by atoms with Crippen LogP contribution in [0.3, 0.4) is 0 Å². The molecule has 0 atom stereocenters. The zero-order chi connectivity index (χ0) is 17.8. The average Bonchev–Trinajstić information content (AvgIpc) is 3.00. The first-order chi connectivity index (χ1) is 12.2. The third-order valence-corrected chi connectivity index (χ3v) is 3.88. The number of anilines is 1. The Bertz CT molecular complexity index is 931. The number of pyridine rings is 1. The van der Waals surface area contributed by atoms with Crippen molar-refractivity contribution in [1.29, 1.82) is 0 Å². The molecule has 6 nitrogen and oxygen atoms in total. The van der Waals surface area contributed by atoms with Gasteiger partial charge in [0.1, 0.15) is 11.3 Å². The molecule has 6 heteroatoms. The number of hydrogen-bond acceptors (Lipinski definition) is 4. The number of carbonyl (C=O) groups excluding carboxylic acids is 2. The van der Waals surface area contributed by atoms with Crippen molar-refractivity contribution in [2.45, 2.75) is 19.8 Å². The molecule has 1 N–H and O–H groups in total. The number of aromatic nitrogens is 2. The number of nitrogens with zero attached hydrogens (tertiary/aromatic N) is 2. The first kappa shape index (κ1) is 16.7. The number of amides is 1. The van der Waals surface area contributed by atoms with E-state index in [0.29, 0.717) is 23.4 Å². The molecular formula is C19H19N3O3. The number of carbonyl (C=O) groups is 2. The van der Waals surface area contributed by atoms with E-state index in [4.69, 9.17) is 4.74 Å². The van der Waals surface area contributed by atoms with Gasteiger partial charge in [0.25, 0.3) is 5.91 Å². The Labute approximate surface area is 145 Å². The number of hydrogen-bond donors (Lipinski definition) is 1. The largest absolute Gasteiger partial charge is 0.465 e. The number of fused-ring (bicyclic) bond motifs is 1. The Morgan fingerprint density at radius 2 is 1.92 bits per heavy atom. The van der Waals surface area contributed by atoms with Gasteiger partial charge in [-0.2, -0.15) is 0 Å². The van der Waals surface area contributed by atoms with Crippen LogP contribution in [0.4, 0.5) is 5.69 Å². The van der Waals surface area contributed by atoms with Crippen molar-refractivity contribution in [3.63, 3.8) is 0 Å². The van der Waals surface area contributed by atoms with Crippen molar-refractivity contribution in [1.82, 2.24) is 9.38 Å². The lowest BCUT2D eigenvalue weighted by Crippen LogP contribution is -2.18. The molecule has 0 bridgehead atoms. The highest BCUT2D eigenvalue weighted by Crippen LogP contribution is 2.20. The molecule has 3 rings (SSSR count). The van der Waals surface area contributed by atoms with Crippen molar-refractivity contribution in [3.8, 4) is 0 Å². The van der Waals surface area contributed by atoms with E-state index in [9.17, 15) is 9.59 Å². The Morgan fingerprint density at radius 3 is 2.68 bits per heavy atom. The zero-order valence-corrected chi connectivity index (χ0v) is 14.2. The van der Waals surface area contributed by atoms with Gasteiger partial charge in [0, 0.05) is 6.20 Å². The zero-order valence-electron chi connectivity index (χ0n) is 14.2. The molecule has 0 fully saturated rings. The normalized spacial score (nSPS) is 10.6. The molecule has 0 spiro atoms. The first-order valence-corrected chi connectivity index (χ1v) is 8.10. The van der Waals surface area contributed by atoms with Gasteiger partial charge in [0.2, 0.25) is 0 Å². The summed E-state index contributed by atoms with van der Waals surface area (Å²) >= 11 is 0. The molecule has 0 aliphatic heterocycles. The van der Waals surface area contributed by atoms with Crippen LogP contribution < -0.4 is 5.32 Å². The van der Waals surface area contributed by atoms with Gasteiger partial charge in [-0.05, 0) is 30.7 Å². The van der Waals surface area contributed by atoms with Gasteiger partial charge in [-0.1, -0.05) is 31.5 Å². The summed E-state index contributed by atoms with van der Waals surface area (Å²) in [5.41, 5.74) is 2.66. The van der Waals surface area contributed by atoms with Crippen LogP contribution in [0.15, 0.2) is 48.7 Å². The minimum absolute atomic E-state index is 0.307. The van der Waals surface area contributed by atoms with Crippen molar-refractivity contribution < 1.29 is 14.3 Å². The Morgan fingerprint density at radius 1 is 1.16 bits per heavy atom. The fraction of sp³-hybridized carbons (Fsp3) is 0.211. The van der Waals surface area contributed by atoms with E-state index in [1.165, 1.54) is 7.11 Å². The number of esters is 1. The third-order valence-electron chi connectivity index (χ3n) is 3.88. The highest BCUT2D eigenvalue weighted by atomic mass is 16.5. The molecular weight excluding hydrogens is 318 g/mol. The van der Waals surface area contributed by atoms with Gasteiger partial charge >= 0.3 is 5.97 Å². The van der Waals surface area contributed by atoms with Gasteiger partial charge in [-0.3, -0.25) is 9.20 Å². The summed E-state index contributed by atoms with van der Waals surface area (Å²) in [6, 6.07) is 12.4. The molecule has 0 aliphatic rings. The number of para-hydroxylation sites is 1. The van der Waals surface area contributed by atoms with E-state index in [2.05, 4.69) is 10.3 Å². The lowest BCUT2D eigenvalue weighted by molar-refractivity contribution is 0.0602. The highest BCUT2D eigenvalue weighted by molar-refractivity contribution is 6.08. The third kappa shape index (κ3) is 3.24. The lowest BCUT2D eigenvalue weighted by atomic mass is 10.1. The maximum absolute atomic E-state index is 12.9. The van der Waals surface area contributed by atoms with Crippen molar-refractivity contribution in [3.05, 3.63) is 65.6 Å². The van der Waals surface area contributed by atoms with Crippen LogP contribution in [0.5, 0.6) is 0 Å². The molecule has 0 radical (unpaired) electrons. The van der Waals surface area contributed by atoms with E-state index in [-0.39, 0.29) is 5.91 Å². The molecule has 25 heavy (non-hydrogen) atoms. The summed E-state index contributed by atoms with van der Waals surface area (Å²) in [5.74, 6) is -0.804. The van der Waals surface area contributed by atoms with Gasteiger partial charge in [0.05, 0.1) is 24.1 Å². The van der Waals surface area contributed by atoms with E-state index in [1.807, 2.05) is 31.3 Å². The number of rotatable bonds is 5. The standard InChI is InChI=1S/C19H19N3O3/c1-3-8-15-17(22-12-7-6-11-16(22)20-15)18(23)21-14-10-5-4-9-13(14)19(24)25-2/h4-7,9-12H,3,8H2,1-2H3,(H,21,23). The molecule has 0 unspecified atom stereocenters. The smallest absolute Gasteiger partial charge is 0.339 e. The van der Waals surface area contributed by atoms with Gasteiger partial charge in [-0.25, -0.2) is 9.78 Å². The minimum atomic E-state index is -0.497. The second-order valence-electron chi connectivity index (χ2n) is 5.58. The minimum Gasteiger partial charge on any atom is -0.465 e. The molecule has 2 aromatic heterocycles. The number of imidazole rings is 1. The van der Waals surface area contributed by atoms with E-state index >= 15 is 0 Å². The number of aryl methyl sites for hydroxylation is 1. The van der Waals surface area contributed by atoms with Gasteiger partial charge in [-0.15, -0.1) is 0 Å². The van der Waals surface area contributed by atoms with Gasteiger partial charge in [0.15, 0.2) is 0 Å². The van der Waals surface area contributed by atoms with E-state index < -0.39 is 5.97 Å². The van der Waals surface area contributed by atoms with Crippen molar-refractivity contribution >= 4 is 23.2 Å². The number of nitrogens with one attached hydrogen (secondary N) is 1. The van der Waals surface area contributed by atoms with Crippen LogP contribution in [-0.2, 0) is 11.2 Å². The SMILES string of the molecule is CCCc1nc2ccccn2c1C(=O)Nc1ccccc1C(=O)OC. The fourth-order valence-electron chi connectivity index (χ4n) is 2.76.